The summed E-state index contributed by atoms with van der Waals surface area (Å²) in [6.07, 6.45) is 11.8. The average molecular weight is 322 g/mol. The van der Waals surface area contributed by atoms with E-state index in [1.165, 1.54) is 12.0 Å². The Kier molecular flexibility index (Phi) is 8.60. The number of carbonyl (C=O) groups excluding carboxylic acids is 1. The van der Waals surface area contributed by atoms with Crippen LogP contribution in [-0.2, 0) is 14.3 Å². The molecule has 3 nitrogen and oxygen atoms in total. The van der Waals surface area contributed by atoms with Crippen LogP contribution in [0.5, 0.6) is 0 Å². The summed E-state index contributed by atoms with van der Waals surface area (Å²) in [4.78, 5) is 12.2. The van der Waals surface area contributed by atoms with Crippen molar-refractivity contribution < 1.29 is 14.3 Å². The van der Waals surface area contributed by atoms with Crippen LogP contribution in [0.4, 0.5) is 0 Å². The molecule has 0 aromatic rings. The fourth-order valence-corrected chi connectivity index (χ4v) is 2.93. The van der Waals surface area contributed by atoms with E-state index in [9.17, 15) is 4.79 Å². The third kappa shape index (κ3) is 7.83. The maximum absolute atomic E-state index is 12.2. The van der Waals surface area contributed by atoms with Crippen molar-refractivity contribution in [2.24, 2.45) is 0 Å². The second-order valence-corrected chi connectivity index (χ2v) is 7.07. The van der Waals surface area contributed by atoms with Crippen LogP contribution in [0, 0.1) is 0 Å². The minimum absolute atomic E-state index is 0.146. The van der Waals surface area contributed by atoms with Gasteiger partial charge < -0.3 is 9.47 Å². The molecule has 3 unspecified atom stereocenters. The maximum Gasteiger partial charge on any atom is 0.306 e. The first-order valence-corrected chi connectivity index (χ1v) is 9.02. The van der Waals surface area contributed by atoms with Crippen molar-refractivity contribution in [2.75, 3.05) is 0 Å². The van der Waals surface area contributed by atoms with Gasteiger partial charge in [0.15, 0.2) is 0 Å². The molecule has 1 fully saturated rings. The van der Waals surface area contributed by atoms with Crippen LogP contribution in [0.25, 0.3) is 0 Å². The second-order valence-electron chi connectivity index (χ2n) is 7.07. The number of ether oxygens (including phenoxy) is 2. The molecule has 1 aliphatic rings. The third-order valence-corrected chi connectivity index (χ3v) is 4.53. The minimum Gasteiger partial charge on any atom is -0.455 e. The molecule has 0 aliphatic carbocycles. The van der Waals surface area contributed by atoms with Gasteiger partial charge in [-0.3, -0.25) is 4.79 Å². The number of hydrogen-bond acceptors (Lipinski definition) is 3. The number of allylic oxidation sites excluding steroid dienone is 2. The Morgan fingerprint density at radius 3 is 2.65 bits per heavy atom. The first kappa shape index (κ1) is 20.0. The number of rotatable bonds is 9. The molecule has 1 rings (SSSR count). The highest BCUT2D eigenvalue weighted by Gasteiger charge is 2.26. The van der Waals surface area contributed by atoms with E-state index in [4.69, 9.17) is 9.47 Å². The Morgan fingerprint density at radius 1 is 1.35 bits per heavy atom. The van der Waals surface area contributed by atoms with Crippen molar-refractivity contribution in [3.63, 3.8) is 0 Å². The average Bonchev–Trinajstić information content (AvgIpc) is 2.52. The Labute approximate surface area is 142 Å². The number of hydrogen-bond donors (Lipinski definition) is 0. The summed E-state index contributed by atoms with van der Waals surface area (Å²) in [6.45, 7) is 12.1. The fourth-order valence-electron chi connectivity index (χ4n) is 2.93. The predicted octanol–water partition coefficient (Wildman–Crippen LogP) is 5.35. The first-order valence-electron chi connectivity index (χ1n) is 9.02. The highest BCUT2D eigenvalue weighted by atomic mass is 16.6. The van der Waals surface area contributed by atoms with E-state index in [0.717, 1.165) is 38.5 Å². The molecule has 0 amide bonds. The lowest BCUT2D eigenvalue weighted by Gasteiger charge is -2.30. The zero-order chi connectivity index (χ0) is 17.3. The summed E-state index contributed by atoms with van der Waals surface area (Å²) in [5.41, 5.74) is 0.699. The summed E-state index contributed by atoms with van der Waals surface area (Å²) >= 11 is 0. The molecule has 0 bridgehead atoms. The van der Waals surface area contributed by atoms with E-state index in [0.29, 0.717) is 12.5 Å². The van der Waals surface area contributed by atoms with Crippen molar-refractivity contribution in [3.05, 3.63) is 24.3 Å². The normalized spacial score (nSPS) is 23.7. The lowest BCUT2D eigenvalue weighted by Crippen LogP contribution is -2.31. The summed E-state index contributed by atoms with van der Waals surface area (Å²) in [5.74, 6) is -0.146. The topological polar surface area (TPSA) is 35.5 Å². The zero-order valence-corrected chi connectivity index (χ0v) is 15.4. The van der Waals surface area contributed by atoms with Gasteiger partial charge in [-0.25, -0.2) is 0 Å². The molecule has 1 heterocycles. The smallest absolute Gasteiger partial charge is 0.306 e. The van der Waals surface area contributed by atoms with Gasteiger partial charge in [-0.15, -0.1) is 0 Å². The Hall–Kier alpha value is -1.09. The van der Waals surface area contributed by atoms with Crippen LogP contribution >= 0.6 is 0 Å². The molecule has 0 aromatic heterocycles. The van der Waals surface area contributed by atoms with E-state index in [-0.39, 0.29) is 12.1 Å². The van der Waals surface area contributed by atoms with Crippen LogP contribution in [-0.4, -0.2) is 23.8 Å². The van der Waals surface area contributed by atoms with Gasteiger partial charge in [0.05, 0.1) is 12.2 Å². The molecular weight excluding hydrogens is 288 g/mol. The van der Waals surface area contributed by atoms with Gasteiger partial charge in [0.25, 0.3) is 0 Å². The van der Waals surface area contributed by atoms with E-state index in [1.807, 2.05) is 6.92 Å². The van der Waals surface area contributed by atoms with Crippen LogP contribution in [0.1, 0.15) is 79.1 Å². The van der Waals surface area contributed by atoms with E-state index >= 15 is 0 Å². The van der Waals surface area contributed by atoms with Gasteiger partial charge in [-0.05, 0) is 71.8 Å². The van der Waals surface area contributed by atoms with Gasteiger partial charge in [0.1, 0.15) is 5.60 Å². The van der Waals surface area contributed by atoms with E-state index < -0.39 is 5.60 Å². The monoisotopic (exact) mass is 322 g/mol. The molecule has 1 saturated heterocycles. The summed E-state index contributed by atoms with van der Waals surface area (Å²) in [7, 11) is 0. The maximum atomic E-state index is 12.2. The molecule has 0 N–H and O–H groups in total. The molecule has 0 aromatic carbocycles. The van der Waals surface area contributed by atoms with Crippen LogP contribution in [0.15, 0.2) is 24.3 Å². The highest BCUT2D eigenvalue weighted by Crippen LogP contribution is 2.25. The lowest BCUT2D eigenvalue weighted by atomic mass is 9.98. The van der Waals surface area contributed by atoms with E-state index in [2.05, 4.69) is 33.4 Å². The van der Waals surface area contributed by atoms with Gasteiger partial charge >= 0.3 is 5.97 Å². The Balaban J connectivity index is 2.38. The van der Waals surface area contributed by atoms with Crippen molar-refractivity contribution in [3.8, 4) is 0 Å². The summed E-state index contributed by atoms with van der Waals surface area (Å²) < 4.78 is 11.7. The number of carbonyl (C=O) groups is 1. The van der Waals surface area contributed by atoms with E-state index in [1.54, 1.807) is 6.08 Å². The molecule has 3 heteroatoms. The predicted molar refractivity (Wildman–Crippen MR) is 95.4 cm³/mol. The Morgan fingerprint density at radius 2 is 2.04 bits per heavy atom. The molecule has 0 spiro atoms. The summed E-state index contributed by atoms with van der Waals surface area (Å²) in [5, 5.41) is 0. The highest BCUT2D eigenvalue weighted by molar-refractivity contribution is 5.70. The molecule has 3 atom stereocenters. The molecule has 0 radical (unpaired) electrons. The van der Waals surface area contributed by atoms with Gasteiger partial charge in [-0.2, -0.15) is 0 Å². The van der Waals surface area contributed by atoms with Crippen LogP contribution in [0.2, 0.25) is 0 Å². The van der Waals surface area contributed by atoms with Gasteiger partial charge in [0, 0.05) is 6.42 Å². The third-order valence-electron chi connectivity index (χ3n) is 4.53. The Bertz CT molecular complexity index is 409. The van der Waals surface area contributed by atoms with Crippen molar-refractivity contribution in [1.82, 2.24) is 0 Å². The second kappa shape index (κ2) is 9.92. The van der Waals surface area contributed by atoms with Gasteiger partial charge in [-0.1, -0.05) is 25.2 Å². The van der Waals surface area contributed by atoms with Crippen molar-refractivity contribution in [1.29, 1.82) is 0 Å². The molecular formula is C20H34O3. The summed E-state index contributed by atoms with van der Waals surface area (Å²) in [6, 6.07) is 0. The van der Waals surface area contributed by atoms with Crippen LogP contribution < -0.4 is 0 Å². The molecule has 0 saturated carbocycles. The van der Waals surface area contributed by atoms with Gasteiger partial charge in [0.2, 0.25) is 0 Å². The minimum atomic E-state index is -0.581. The first-order chi connectivity index (χ1) is 10.9. The lowest BCUT2D eigenvalue weighted by molar-refractivity contribution is -0.155. The van der Waals surface area contributed by atoms with Crippen LogP contribution in [0.3, 0.4) is 0 Å². The molecule has 132 valence electrons. The molecule has 1 aliphatic heterocycles. The van der Waals surface area contributed by atoms with Crippen molar-refractivity contribution >= 4 is 5.97 Å². The standard InChI is InChI=1S/C20H34O3/c1-6-17-11-8-12-18(22-17)13-14-19(21)23-20(5,7-2)15-9-10-16(3)4/h7,10,17-18H,2,6,8-9,11-15H2,1,3-5H3. The zero-order valence-electron chi connectivity index (χ0n) is 15.4. The quantitative estimate of drug-likeness (QED) is 0.424. The molecule has 23 heavy (non-hydrogen) atoms. The SMILES string of the molecule is C=CC(C)(CCC=C(C)C)OC(=O)CCC1CCCC(CC)O1. The fraction of sp³-hybridized carbons (Fsp3) is 0.750. The number of esters is 1. The largest absolute Gasteiger partial charge is 0.455 e. The van der Waals surface area contributed by atoms with Crippen molar-refractivity contribution in [2.45, 2.75) is 96.9 Å².